The third kappa shape index (κ3) is 3.83. The van der Waals surface area contributed by atoms with Gasteiger partial charge in [0.05, 0.1) is 18.0 Å². The van der Waals surface area contributed by atoms with Crippen LogP contribution in [-0.2, 0) is 9.84 Å². The molecule has 27 heavy (non-hydrogen) atoms. The van der Waals surface area contributed by atoms with Crippen molar-refractivity contribution >= 4 is 26.7 Å². The molecule has 1 amide bonds. The van der Waals surface area contributed by atoms with Crippen LogP contribution in [0.25, 0.3) is 11.0 Å². The molecule has 0 fully saturated rings. The van der Waals surface area contributed by atoms with Gasteiger partial charge in [-0.25, -0.2) is 8.42 Å². The summed E-state index contributed by atoms with van der Waals surface area (Å²) in [6.07, 6.45) is 1.16. The molecule has 3 aromatic rings. The largest absolute Gasteiger partial charge is 0.497 e. The highest BCUT2D eigenvalue weighted by molar-refractivity contribution is 7.90. The summed E-state index contributed by atoms with van der Waals surface area (Å²) in [5.74, 6) is 0.609. The zero-order chi connectivity index (χ0) is 19.8. The van der Waals surface area contributed by atoms with Gasteiger partial charge in [-0.15, -0.1) is 0 Å². The Labute approximate surface area is 158 Å². The van der Waals surface area contributed by atoms with Crippen LogP contribution in [0.2, 0.25) is 0 Å². The molecule has 7 heteroatoms. The predicted molar refractivity (Wildman–Crippen MR) is 103 cm³/mol. The Morgan fingerprint density at radius 2 is 1.81 bits per heavy atom. The molecule has 142 valence electrons. The van der Waals surface area contributed by atoms with Crippen LogP contribution in [0.3, 0.4) is 0 Å². The third-order valence-electron chi connectivity index (χ3n) is 4.51. The number of nitrogens with one attached hydrogen (secondary N) is 1. The standard InChI is InChI=1S/C20H21NO5S/c1-12-17-11-15(25-3)7-10-18(17)26-19(12)20(22)21-13(2)14-5-8-16(9-6-14)27(4,23)24/h5-11,13H,1-4H3,(H,21,22)/t13-/m0/s1. The van der Waals surface area contributed by atoms with E-state index in [1.807, 2.05) is 19.9 Å². The van der Waals surface area contributed by atoms with Crippen LogP contribution in [0.4, 0.5) is 0 Å². The number of ether oxygens (including phenoxy) is 1. The van der Waals surface area contributed by atoms with Crippen LogP contribution < -0.4 is 10.1 Å². The minimum atomic E-state index is -3.25. The van der Waals surface area contributed by atoms with Crippen molar-refractivity contribution in [2.45, 2.75) is 24.8 Å². The van der Waals surface area contributed by atoms with Crippen molar-refractivity contribution in [3.63, 3.8) is 0 Å². The van der Waals surface area contributed by atoms with Crippen molar-refractivity contribution in [2.75, 3.05) is 13.4 Å². The summed E-state index contributed by atoms with van der Waals surface area (Å²) >= 11 is 0. The van der Waals surface area contributed by atoms with Gasteiger partial charge >= 0.3 is 0 Å². The molecule has 0 aliphatic carbocycles. The van der Waals surface area contributed by atoms with Crippen molar-refractivity contribution in [1.82, 2.24) is 5.32 Å². The first-order chi connectivity index (χ1) is 12.7. The van der Waals surface area contributed by atoms with E-state index in [1.165, 1.54) is 12.1 Å². The summed E-state index contributed by atoms with van der Waals surface area (Å²) in [7, 11) is -1.67. The quantitative estimate of drug-likeness (QED) is 0.722. The van der Waals surface area contributed by atoms with Crippen molar-refractivity contribution < 1.29 is 22.4 Å². The number of methoxy groups -OCH3 is 1. The molecule has 3 rings (SSSR count). The first kappa shape index (κ1) is 19.0. The lowest BCUT2D eigenvalue weighted by Crippen LogP contribution is -2.26. The molecule has 0 saturated heterocycles. The maximum Gasteiger partial charge on any atom is 0.287 e. The molecule has 1 N–H and O–H groups in total. The van der Waals surface area contributed by atoms with E-state index in [1.54, 1.807) is 31.4 Å². The van der Waals surface area contributed by atoms with Gasteiger partial charge in [0.15, 0.2) is 15.6 Å². The number of carbonyl (C=O) groups excluding carboxylic acids is 1. The van der Waals surface area contributed by atoms with Gasteiger partial charge in [0.1, 0.15) is 11.3 Å². The van der Waals surface area contributed by atoms with Gasteiger partial charge in [-0.3, -0.25) is 4.79 Å². The van der Waals surface area contributed by atoms with Crippen molar-refractivity contribution in [1.29, 1.82) is 0 Å². The Kier molecular flexibility index (Phi) is 4.97. The van der Waals surface area contributed by atoms with Crippen molar-refractivity contribution in [2.24, 2.45) is 0 Å². The fourth-order valence-corrected chi connectivity index (χ4v) is 3.52. The Morgan fingerprint density at radius 1 is 1.15 bits per heavy atom. The summed E-state index contributed by atoms with van der Waals surface area (Å²) in [5.41, 5.74) is 2.15. The highest BCUT2D eigenvalue weighted by Crippen LogP contribution is 2.29. The maximum absolute atomic E-state index is 12.7. The molecule has 1 heterocycles. The number of sulfone groups is 1. The Bertz CT molecular complexity index is 1100. The van der Waals surface area contributed by atoms with Gasteiger partial charge in [-0.05, 0) is 49.7 Å². The van der Waals surface area contributed by atoms with Gasteiger partial charge in [0.25, 0.3) is 5.91 Å². The Balaban J connectivity index is 1.82. The average molecular weight is 387 g/mol. The van der Waals surface area contributed by atoms with Crippen LogP contribution in [0.5, 0.6) is 5.75 Å². The zero-order valence-corrected chi connectivity index (χ0v) is 16.4. The van der Waals surface area contributed by atoms with E-state index < -0.39 is 9.84 Å². The van der Waals surface area contributed by atoms with Crippen LogP contribution in [0, 0.1) is 6.92 Å². The normalized spacial score (nSPS) is 12.7. The second-order valence-corrected chi connectivity index (χ2v) is 8.47. The number of carbonyl (C=O) groups is 1. The Morgan fingerprint density at radius 3 is 2.41 bits per heavy atom. The van der Waals surface area contributed by atoms with Gasteiger partial charge in [-0.1, -0.05) is 12.1 Å². The van der Waals surface area contributed by atoms with Crippen LogP contribution >= 0.6 is 0 Å². The molecular weight excluding hydrogens is 366 g/mol. The number of fused-ring (bicyclic) bond motifs is 1. The van der Waals surface area contributed by atoms with Crippen molar-refractivity contribution in [3.8, 4) is 5.75 Å². The van der Waals surface area contributed by atoms with E-state index in [0.717, 1.165) is 22.8 Å². The van der Waals surface area contributed by atoms with Gasteiger partial charge in [0, 0.05) is 17.2 Å². The summed E-state index contributed by atoms with van der Waals surface area (Å²) in [6, 6.07) is 11.5. The molecule has 0 bridgehead atoms. The fourth-order valence-electron chi connectivity index (χ4n) is 2.89. The van der Waals surface area contributed by atoms with Gasteiger partial charge < -0.3 is 14.5 Å². The molecular formula is C20H21NO5S. The van der Waals surface area contributed by atoms with E-state index in [2.05, 4.69) is 5.32 Å². The molecule has 0 saturated carbocycles. The number of rotatable bonds is 5. The second-order valence-electron chi connectivity index (χ2n) is 6.45. The molecule has 0 aliphatic rings. The second kappa shape index (κ2) is 7.08. The summed E-state index contributed by atoms with van der Waals surface area (Å²) in [4.78, 5) is 12.9. The number of benzene rings is 2. The van der Waals surface area contributed by atoms with E-state index in [0.29, 0.717) is 11.3 Å². The maximum atomic E-state index is 12.7. The molecule has 2 aromatic carbocycles. The minimum absolute atomic E-state index is 0.242. The lowest BCUT2D eigenvalue weighted by Gasteiger charge is -2.14. The average Bonchev–Trinajstić information content (AvgIpc) is 2.97. The summed E-state index contributed by atoms with van der Waals surface area (Å²) in [5, 5.41) is 3.71. The van der Waals surface area contributed by atoms with Crippen LogP contribution in [-0.4, -0.2) is 27.7 Å². The summed E-state index contributed by atoms with van der Waals surface area (Å²) < 4.78 is 34.0. The minimum Gasteiger partial charge on any atom is -0.497 e. The Hall–Kier alpha value is -2.80. The van der Waals surface area contributed by atoms with Crippen LogP contribution in [0.1, 0.15) is 34.6 Å². The molecule has 0 aliphatic heterocycles. The molecule has 1 atom stereocenters. The third-order valence-corrected chi connectivity index (χ3v) is 5.63. The van der Waals surface area contributed by atoms with Gasteiger partial charge in [0.2, 0.25) is 0 Å². The number of hydrogen-bond donors (Lipinski definition) is 1. The summed E-state index contributed by atoms with van der Waals surface area (Å²) in [6.45, 7) is 3.65. The predicted octanol–water partition coefficient (Wildman–Crippen LogP) is 3.64. The first-order valence-corrected chi connectivity index (χ1v) is 10.3. The lowest BCUT2D eigenvalue weighted by molar-refractivity contribution is 0.0913. The SMILES string of the molecule is COc1ccc2oc(C(=O)N[C@@H](C)c3ccc(S(C)(=O)=O)cc3)c(C)c2c1. The number of hydrogen-bond acceptors (Lipinski definition) is 5. The number of amides is 1. The van der Waals surface area contributed by atoms with E-state index >= 15 is 0 Å². The van der Waals surface area contributed by atoms with Crippen LogP contribution in [0.15, 0.2) is 51.8 Å². The monoisotopic (exact) mass is 387 g/mol. The smallest absolute Gasteiger partial charge is 0.287 e. The van der Waals surface area contributed by atoms with E-state index in [9.17, 15) is 13.2 Å². The highest BCUT2D eigenvalue weighted by atomic mass is 32.2. The highest BCUT2D eigenvalue weighted by Gasteiger charge is 2.20. The number of furan rings is 1. The van der Waals surface area contributed by atoms with Gasteiger partial charge in [-0.2, -0.15) is 0 Å². The fraction of sp³-hybridized carbons (Fsp3) is 0.250. The van der Waals surface area contributed by atoms with E-state index in [4.69, 9.17) is 9.15 Å². The lowest BCUT2D eigenvalue weighted by atomic mass is 10.1. The van der Waals surface area contributed by atoms with Crippen molar-refractivity contribution in [3.05, 3.63) is 59.4 Å². The first-order valence-electron chi connectivity index (χ1n) is 8.38. The molecule has 0 spiro atoms. The zero-order valence-electron chi connectivity index (χ0n) is 15.6. The molecule has 0 unspecified atom stereocenters. The molecule has 6 nitrogen and oxygen atoms in total. The topological polar surface area (TPSA) is 85.6 Å². The molecule has 1 aromatic heterocycles. The molecule has 0 radical (unpaired) electrons. The number of aryl methyl sites for hydroxylation is 1. The van der Waals surface area contributed by atoms with E-state index in [-0.39, 0.29) is 22.6 Å².